The van der Waals surface area contributed by atoms with Gasteiger partial charge >= 0.3 is 0 Å². The normalized spacial score (nSPS) is 20.7. The number of nitrogens with two attached hydrogens (primary N) is 1. The fraction of sp³-hybridized carbons (Fsp3) is 0.909. The molecule has 0 bridgehead atoms. The monoisotopic (exact) mass is 229 g/mol. The van der Waals surface area contributed by atoms with E-state index in [9.17, 15) is 4.79 Å². The van der Waals surface area contributed by atoms with Crippen LogP contribution < -0.4 is 16.4 Å². The van der Waals surface area contributed by atoms with E-state index >= 15 is 0 Å². The second-order valence-corrected chi connectivity index (χ2v) is 4.18. The predicted octanol–water partition coefficient (Wildman–Crippen LogP) is -0.532. The van der Waals surface area contributed by atoms with Crippen molar-refractivity contribution >= 4 is 5.91 Å². The average molecular weight is 229 g/mol. The standard InChI is InChI=1S/C11H23N3O2/c12-4-6-14-11(15)3-7-16-9-10-2-1-5-13-8-10/h10,13H,1-9,12H2,(H,14,15). The van der Waals surface area contributed by atoms with Gasteiger partial charge in [-0.1, -0.05) is 0 Å². The molecule has 1 saturated heterocycles. The Balaban J connectivity index is 1.92. The molecule has 1 aliphatic rings. The summed E-state index contributed by atoms with van der Waals surface area (Å²) in [6, 6.07) is 0. The van der Waals surface area contributed by atoms with Crippen LogP contribution in [0.4, 0.5) is 0 Å². The van der Waals surface area contributed by atoms with Crippen LogP contribution in [0.3, 0.4) is 0 Å². The summed E-state index contributed by atoms with van der Waals surface area (Å²) in [6.07, 6.45) is 2.89. The molecule has 0 saturated carbocycles. The Hall–Kier alpha value is -0.650. The molecule has 5 heteroatoms. The second kappa shape index (κ2) is 8.50. The Bertz CT molecular complexity index is 194. The van der Waals surface area contributed by atoms with Gasteiger partial charge in [-0.15, -0.1) is 0 Å². The van der Waals surface area contributed by atoms with Gasteiger partial charge in [0.1, 0.15) is 0 Å². The van der Waals surface area contributed by atoms with Gasteiger partial charge in [-0.3, -0.25) is 4.79 Å². The van der Waals surface area contributed by atoms with Gasteiger partial charge < -0.3 is 21.1 Å². The Morgan fingerprint density at radius 2 is 2.44 bits per heavy atom. The largest absolute Gasteiger partial charge is 0.381 e. The number of nitrogens with one attached hydrogen (secondary N) is 2. The van der Waals surface area contributed by atoms with Crippen molar-refractivity contribution in [3.05, 3.63) is 0 Å². The van der Waals surface area contributed by atoms with Crippen molar-refractivity contribution in [3.63, 3.8) is 0 Å². The molecule has 1 atom stereocenters. The number of carbonyl (C=O) groups is 1. The number of rotatable bonds is 7. The molecule has 0 radical (unpaired) electrons. The Labute approximate surface area is 97.1 Å². The summed E-state index contributed by atoms with van der Waals surface area (Å²) in [5, 5.41) is 6.05. The third kappa shape index (κ3) is 6.05. The first-order valence-electron chi connectivity index (χ1n) is 6.08. The van der Waals surface area contributed by atoms with Gasteiger partial charge in [0.25, 0.3) is 0 Å². The molecule has 16 heavy (non-hydrogen) atoms. The lowest BCUT2D eigenvalue weighted by Gasteiger charge is -2.22. The maximum Gasteiger partial charge on any atom is 0.222 e. The lowest BCUT2D eigenvalue weighted by atomic mass is 10.0. The molecule has 0 aliphatic carbocycles. The molecule has 0 aromatic heterocycles. The molecule has 1 heterocycles. The van der Waals surface area contributed by atoms with Crippen molar-refractivity contribution in [1.82, 2.24) is 10.6 Å². The highest BCUT2D eigenvalue weighted by Gasteiger charge is 2.12. The number of piperidine rings is 1. The van der Waals surface area contributed by atoms with Gasteiger partial charge in [0.05, 0.1) is 13.2 Å². The zero-order valence-electron chi connectivity index (χ0n) is 9.84. The van der Waals surface area contributed by atoms with E-state index in [2.05, 4.69) is 10.6 Å². The van der Waals surface area contributed by atoms with Crippen LogP contribution in [0.1, 0.15) is 19.3 Å². The zero-order chi connectivity index (χ0) is 11.6. The van der Waals surface area contributed by atoms with E-state index in [1.807, 2.05) is 0 Å². The minimum absolute atomic E-state index is 0.0206. The van der Waals surface area contributed by atoms with Gasteiger partial charge in [0.2, 0.25) is 5.91 Å². The maximum atomic E-state index is 11.2. The molecule has 1 unspecified atom stereocenters. The smallest absolute Gasteiger partial charge is 0.222 e. The van der Waals surface area contributed by atoms with Crippen LogP contribution >= 0.6 is 0 Å². The van der Waals surface area contributed by atoms with E-state index in [-0.39, 0.29) is 5.91 Å². The van der Waals surface area contributed by atoms with Crippen molar-refractivity contribution < 1.29 is 9.53 Å². The molecule has 4 N–H and O–H groups in total. The summed E-state index contributed by atoms with van der Waals surface area (Å²) in [4.78, 5) is 11.2. The molecule has 94 valence electrons. The van der Waals surface area contributed by atoms with Crippen LogP contribution in [0.5, 0.6) is 0 Å². The number of hydrogen-bond acceptors (Lipinski definition) is 4. The molecule has 0 spiro atoms. The predicted molar refractivity (Wildman–Crippen MR) is 63.1 cm³/mol. The summed E-state index contributed by atoms with van der Waals surface area (Å²) in [5.41, 5.74) is 5.28. The van der Waals surface area contributed by atoms with Gasteiger partial charge in [0.15, 0.2) is 0 Å². The maximum absolute atomic E-state index is 11.2. The highest BCUT2D eigenvalue weighted by molar-refractivity contribution is 5.75. The molecule has 1 fully saturated rings. The van der Waals surface area contributed by atoms with Crippen LogP contribution in [0, 0.1) is 5.92 Å². The topological polar surface area (TPSA) is 76.4 Å². The SMILES string of the molecule is NCCNC(=O)CCOCC1CCCNC1. The van der Waals surface area contributed by atoms with E-state index in [1.165, 1.54) is 12.8 Å². The number of carbonyl (C=O) groups excluding carboxylic acids is 1. The number of hydrogen-bond donors (Lipinski definition) is 3. The van der Waals surface area contributed by atoms with Crippen LogP contribution in [0.25, 0.3) is 0 Å². The summed E-state index contributed by atoms with van der Waals surface area (Å²) in [5.74, 6) is 0.632. The van der Waals surface area contributed by atoms with Crippen molar-refractivity contribution in [2.45, 2.75) is 19.3 Å². The Morgan fingerprint density at radius 3 is 3.12 bits per heavy atom. The van der Waals surface area contributed by atoms with Crippen LogP contribution in [-0.4, -0.2) is 45.3 Å². The summed E-state index contributed by atoms with van der Waals surface area (Å²) < 4.78 is 5.49. The number of amides is 1. The van der Waals surface area contributed by atoms with Crippen molar-refractivity contribution in [3.8, 4) is 0 Å². The third-order valence-electron chi connectivity index (χ3n) is 2.69. The summed E-state index contributed by atoms with van der Waals surface area (Å²) in [7, 11) is 0. The fourth-order valence-electron chi connectivity index (χ4n) is 1.78. The van der Waals surface area contributed by atoms with E-state index < -0.39 is 0 Å². The van der Waals surface area contributed by atoms with Gasteiger partial charge in [-0.05, 0) is 25.3 Å². The average Bonchev–Trinajstić information content (AvgIpc) is 2.33. The van der Waals surface area contributed by atoms with Crippen molar-refractivity contribution in [2.24, 2.45) is 11.7 Å². The summed E-state index contributed by atoms with van der Waals surface area (Å²) >= 11 is 0. The van der Waals surface area contributed by atoms with Crippen LogP contribution in [-0.2, 0) is 9.53 Å². The quantitative estimate of drug-likeness (QED) is 0.513. The highest BCUT2D eigenvalue weighted by atomic mass is 16.5. The van der Waals surface area contributed by atoms with E-state index in [0.29, 0.717) is 32.0 Å². The minimum atomic E-state index is 0.0206. The molecule has 0 aromatic carbocycles. The first kappa shape index (κ1) is 13.4. The highest BCUT2D eigenvalue weighted by Crippen LogP contribution is 2.09. The van der Waals surface area contributed by atoms with Gasteiger partial charge in [-0.25, -0.2) is 0 Å². The van der Waals surface area contributed by atoms with Gasteiger partial charge in [-0.2, -0.15) is 0 Å². The molecule has 1 aliphatic heterocycles. The summed E-state index contributed by atoms with van der Waals surface area (Å²) in [6.45, 7) is 4.47. The molecular formula is C11H23N3O2. The Kier molecular flexibility index (Phi) is 7.12. The second-order valence-electron chi connectivity index (χ2n) is 4.18. The minimum Gasteiger partial charge on any atom is -0.381 e. The molecule has 0 aromatic rings. The third-order valence-corrected chi connectivity index (χ3v) is 2.69. The fourth-order valence-corrected chi connectivity index (χ4v) is 1.78. The lowest BCUT2D eigenvalue weighted by Crippen LogP contribution is -2.33. The van der Waals surface area contributed by atoms with Crippen LogP contribution in [0.15, 0.2) is 0 Å². The molecular weight excluding hydrogens is 206 g/mol. The molecule has 1 rings (SSSR count). The first-order chi connectivity index (χ1) is 7.83. The van der Waals surface area contributed by atoms with Gasteiger partial charge in [0, 0.05) is 26.1 Å². The van der Waals surface area contributed by atoms with E-state index in [4.69, 9.17) is 10.5 Å². The van der Waals surface area contributed by atoms with Crippen LogP contribution in [0.2, 0.25) is 0 Å². The Morgan fingerprint density at radius 1 is 1.56 bits per heavy atom. The first-order valence-corrected chi connectivity index (χ1v) is 6.08. The van der Waals surface area contributed by atoms with E-state index in [0.717, 1.165) is 19.7 Å². The van der Waals surface area contributed by atoms with E-state index in [1.54, 1.807) is 0 Å². The lowest BCUT2D eigenvalue weighted by molar-refractivity contribution is -0.122. The molecule has 1 amide bonds. The van der Waals surface area contributed by atoms with Crippen molar-refractivity contribution in [2.75, 3.05) is 39.4 Å². The van der Waals surface area contributed by atoms with Crippen molar-refractivity contribution in [1.29, 1.82) is 0 Å². The number of ether oxygens (including phenoxy) is 1. The molecule has 5 nitrogen and oxygen atoms in total. The zero-order valence-corrected chi connectivity index (χ0v) is 9.84.